The Kier molecular flexibility index (Phi) is 2.72. The molecule has 0 aromatic carbocycles. The zero-order valence-corrected chi connectivity index (χ0v) is 10.8. The smallest absolute Gasteiger partial charge is 0.143 e. The first-order valence-electron chi connectivity index (χ1n) is 5.62. The van der Waals surface area contributed by atoms with Gasteiger partial charge in [0, 0.05) is 18.0 Å². The summed E-state index contributed by atoms with van der Waals surface area (Å²) in [5, 5.41) is 10.1. The highest BCUT2D eigenvalue weighted by molar-refractivity contribution is 9.10. The Hall–Kier alpha value is -1.20. The van der Waals surface area contributed by atoms with Gasteiger partial charge in [0.15, 0.2) is 0 Å². The molecule has 1 aliphatic rings. The zero-order chi connectivity index (χ0) is 11.8. The summed E-state index contributed by atoms with van der Waals surface area (Å²) in [4.78, 5) is 8.50. The van der Waals surface area contributed by atoms with Crippen LogP contribution in [0.2, 0.25) is 0 Å². The lowest BCUT2D eigenvalue weighted by Gasteiger charge is -2.22. The number of pyridine rings is 1. The molecule has 0 radical (unpaired) electrons. The van der Waals surface area contributed by atoms with Gasteiger partial charge in [-0.3, -0.25) is 4.98 Å². The Bertz CT molecular complexity index is 538. The maximum absolute atomic E-state index is 10.1. The lowest BCUT2D eigenvalue weighted by molar-refractivity contribution is 0.0805. The fourth-order valence-electron chi connectivity index (χ4n) is 2.27. The average Bonchev–Trinajstić information content (AvgIpc) is 2.70. The standard InChI is InChI=1S/C12H12BrN3O/c13-11-9-2-1-3-10(17)16(9)12(15-11)8-4-6-14-7-5-8/h4-7,10,17H,1-3H2. The van der Waals surface area contributed by atoms with Crippen molar-refractivity contribution < 1.29 is 5.11 Å². The molecule has 4 nitrogen and oxygen atoms in total. The molecule has 1 atom stereocenters. The van der Waals surface area contributed by atoms with E-state index in [2.05, 4.69) is 25.9 Å². The number of aromatic nitrogens is 3. The third kappa shape index (κ3) is 1.79. The summed E-state index contributed by atoms with van der Waals surface area (Å²) >= 11 is 3.47. The van der Waals surface area contributed by atoms with Gasteiger partial charge in [-0.25, -0.2) is 4.98 Å². The lowest BCUT2D eigenvalue weighted by atomic mass is 10.1. The van der Waals surface area contributed by atoms with Crippen molar-refractivity contribution in [1.82, 2.24) is 14.5 Å². The number of halogens is 1. The zero-order valence-electron chi connectivity index (χ0n) is 9.17. The van der Waals surface area contributed by atoms with Crippen molar-refractivity contribution in [2.24, 2.45) is 0 Å². The van der Waals surface area contributed by atoms with Crippen LogP contribution in [0.15, 0.2) is 29.1 Å². The third-order valence-corrected chi connectivity index (χ3v) is 3.71. The average molecular weight is 294 g/mol. The molecular formula is C12H12BrN3O. The van der Waals surface area contributed by atoms with Crippen LogP contribution in [0.5, 0.6) is 0 Å². The summed E-state index contributed by atoms with van der Waals surface area (Å²) in [6.45, 7) is 0. The first-order valence-corrected chi connectivity index (χ1v) is 6.42. The molecule has 3 rings (SSSR count). The van der Waals surface area contributed by atoms with Gasteiger partial charge < -0.3 is 9.67 Å². The molecule has 3 heterocycles. The summed E-state index contributed by atoms with van der Waals surface area (Å²) in [7, 11) is 0. The van der Waals surface area contributed by atoms with E-state index in [-0.39, 0.29) is 0 Å². The molecule has 0 spiro atoms. The molecule has 88 valence electrons. The van der Waals surface area contributed by atoms with Crippen molar-refractivity contribution >= 4 is 15.9 Å². The van der Waals surface area contributed by atoms with Gasteiger partial charge in [0.25, 0.3) is 0 Å². The van der Waals surface area contributed by atoms with Gasteiger partial charge in [-0.05, 0) is 47.3 Å². The molecule has 0 aliphatic carbocycles. The molecule has 2 aromatic rings. The highest BCUT2D eigenvalue weighted by atomic mass is 79.9. The molecule has 1 aliphatic heterocycles. The minimum absolute atomic E-state index is 0.472. The number of aliphatic hydroxyl groups excluding tert-OH is 1. The van der Waals surface area contributed by atoms with Gasteiger partial charge in [0.2, 0.25) is 0 Å². The number of imidazole rings is 1. The second-order valence-corrected chi connectivity index (χ2v) is 4.90. The number of nitrogens with zero attached hydrogens (tertiary/aromatic N) is 3. The Morgan fingerprint density at radius 1 is 1.35 bits per heavy atom. The van der Waals surface area contributed by atoms with Crippen molar-refractivity contribution in [3.8, 4) is 11.4 Å². The topological polar surface area (TPSA) is 50.9 Å². The van der Waals surface area contributed by atoms with Crippen LogP contribution in [0.1, 0.15) is 24.8 Å². The SMILES string of the molecule is OC1CCCc2c(Br)nc(-c3ccncc3)n21. The van der Waals surface area contributed by atoms with E-state index in [1.54, 1.807) is 12.4 Å². The summed E-state index contributed by atoms with van der Waals surface area (Å²) in [5.74, 6) is 0.807. The maximum atomic E-state index is 10.1. The molecule has 1 N–H and O–H groups in total. The Morgan fingerprint density at radius 2 is 2.12 bits per heavy atom. The number of aliphatic hydroxyl groups is 1. The molecule has 0 amide bonds. The fraction of sp³-hybridized carbons (Fsp3) is 0.333. The predicted octanol–water partition coefficient (Wildman–Crippen LogP) is 2.53. The van der Waals surface area contributed by atoms with Crippen LogP contribution in [0.4, 0.5) is 0 Å². The summed E-state index contributed by atoms with van der Waals surface area (Å²) in [6, 6.07) is 3.81. The lowest BCUT2D eigenvalue weighted by Crippen LogP contribution is -2.17. The molecule has 0 bridgehead atoms. The van der Waals surface area contributed by atoms with E-state index in [0.717, 1.165) is 40.9 Å². The van der Waals surface area contributed by atoms with Gasteiger partial charge in [-0.15, -0.1) is 0 Å². The van der Waals surface area contributed by atoms with E-state index in [9.17, 15) is 5.11 Å². The van der Waals surface area contributed by atoms with E-state index in [0.29, 0.717) is 0 Å². The van der Waals surface area contributed by atoms with E-state index in [4.69, 9.17) is 0 Å². The Morgan fingerprint density at radius 3 is 2.88 bits per heavy atom. The molecule has 1 unspecified atom stereocenters. The van der Waals surface area contributed by atoms with Crippen LogP contribution in [0.3, 0.4) is 0 Å². The molecule has 0 saturated heterocycles. The minimum Gasteiger partial charge on any atom is -0.373 e. The van der Waals surface area contributed by atoms with Crippen LogP contribution in [-0.2, 0) is 6.42 Å². The molecule has 2 aromatic heterocycles. The van der Waals surface area contributed by atoms with Crippen LogP contribution in [0.25, 0.3) is 11.4 Å². The van der Waals surface area contributed by atoms with E-state index in [1.807, 2.05) is 16.7 Å². The first kappa shape index (κ1) is 10.9. The van der Waals surface area contributed by atoms with Crippen molar-refractivity contribution in [3.63, 3.8) is 0 Å². The third-order valence-electron chi connectivity index (χ3n) is 3.07. The minimum atomic E-state index is -0.472. The van der Waals surface area contributed by atoms with Gasteiger partial charge in [-0.1, -0.05) is 0 Å². The number of hydrogen-bond donors (Lipinski definition) is 1. The molecular weight excluding hydrogens is 282 g/mol. The fourth-order valence-corrected chi connectivity index (χ4v) is 2.83. The van der Waals surface area contributed by atoms with Gasteiger partial charge in [-0.2, -0.15) is 0 Å². The normalized spacial score (nSPS) is 19.1. The van der Waals surface area contributed by atoms with Crippen molar-refractivity contribution in [2.75, 3.05) is 0 Å². The number of fused-ring (bicyclic) bond motifs is 1. The van der Waals surface area contributed by atoms with E-state index >= 15 is 0 Å². The summed E-state index contributed by atoms with van der Waals surface area (Å²) in [6.07, 6.45) is 5.74. The number of hydrogen-bond acceptors (Lipinski definition) is 3. The predicted molar refractivity (Wildman–Crippen MR) is 67.4 cm³/mol. The Balaban J connectivity index is 2.18. The second kappa shape index (κ2) is 4.23. The first-order chi connectivity index (χ1) is 8.27. The van der Waals surface area contributed by atoms with Crippen LogP contribution in [-0.4, -0.2) is 19.6 Å². The summed E-state index contributed by atoms with van der Waals surface area (Å²) < 4.78 is 2.76. The van der Waals surface area contributed by atoms with E-state index in [1.165, 1.54) is 0 Å². The summed E-state index contributed by atoms with van der Waals surface area (Å²) in [5.41, 5.74) is 2.06. The van der Waals surface area contributed by atoms with Gasteiger partial charge in [0.1, 0.15) is 16.7 Å². The second-order valence-electron chi connectivity index (χ2n) is 4.15. The maximum Gasteiger partial charge on any atom is 0.143 e. The molecule has 17 heavy (non-hydrogen) atoms. The number of rotatable bonds is 1. The molecule has 5 heteroatoms. The molecule has 0 saturated carbocycles. The quantitative estimate of drug-likeness (QED) is 0.879. The van der Waals surface area contributed by atoms with Crippen LogP contribution < -0.4 is 0 Å². The van der Waals surface area contributed by atoms with Gasteiger partial charge >= 0.3 is 0 Å². The highest BCUT2D eigenvalue weighted by Gasteiger charge is 2.25. The van der Waals surface area contributed by atoms with Crippen molar-refractivity contribution in [2.45, 2.75) is 25.5 Å². The highest BCUT2D eigenvalue weighted by Crippen LogP contribution is 2.34. The van der Waals surface area contributed by atoms with E-state index < -0.39 is 6.23 Å². The largest absolute Gasteiger partial charge is 0.373 e. The monoisotopic (exact) mass is 293 g/mol. The van der Waals surface area contributed by atoms with Crippen LogP contribution in [0, 0.1) is 0 Å². The molecule has 0 fully saturated rings. The Labute approximate surface area is 107 Å². The van der Waals surface area contributed by atoms with Crippen molar-refractivity contribution in [1.29, 1.82) is 0 Å². The van der Waals surface area contributed by atoms with Crippen LogP contribution >= 0.6 is 15.9 Å². The van der Waals surface area contributed by atoms with Gasteiger partial charge in [0.05, 0.1) is 5.69 Å². The van der Waals surface area contributed by atoms with Crippen molar-refractivity contribution in [3.05, 3.63) is 34.8 Å².